The lowest BCUT2D eigenvalue weighted by Gasteiger charge is -2.12. The number of pyridine rings is 1. The van der Waals surface area contributed by atoms with Crippen molar-refractivity contribution in [1.82, 2.24) is 9.38 Å². The average Bonchev–Trinajstić information content (AvgIpc) is 2.91. The van der Waals surface area contributed by atoms with Crippen LogP contribution in [0, 0.1) is 0 Å². The number of hydrogen-bond donors (Lipinski definition) is 1. The van der Waals surface area contributed by atoms with E-state index in [1.807, 2.05) is 43.0 Å². The summed E-state index contributed by atoms with van der Waals surface area (Å²) in [5.41, 5.74) is 4.79. The highest BCUT2D eigenvalue weighted by Crippen LogP contribution is 2.23. The van der Waals surface area contributed by atoms with Crippen molar-refractivity contribution in [3.8, 4) is 11.3 Å². The van der Waals surface area contributed by atoms with Gasteiger partial charge in [0.15, 0.2) is 0 Å². The van der Waals surface area contributed by atoms with Crippen molar-refractivity contribution >= 4 is 11.3 Å². The maximum absolute atomic E-state index is 9.35. The molecule has 0 bridgehead atoms. The van der Waals surface area contributed by atoms with Crippen LogP contribution in [0.2, 0.25) is 0 Å². The Morgan fingerprint density at radius 2 is 1.90 bits per heavy atom. The predicted octanol–water partition coefficient (Wildman–Crippen LogP) is 2.56. The first-order valence-electron chi connectivity index (χ1n) is 6.54. The van der Waals surface area contributed by atoms with Gasteiger partial charge < -0.3 is 14.4 Å². The van der Waals surface area contributed by atoms with Crippen LogP contribution in [0.25, 0.3) is 16.9 Å². The Labute approximate surface area is 117 Å². The van der Waals surface area contributed by atoms with Gasteiger partial charge in [-0.05, 0) is 18.2 Å². The van der Waals surface area contributed by atoms with Crippen LogP contribution >= 0.6 is 0 Å². The van der Waals surface area contributed by atoms with Crippen molar-refractivity contribution < 1.29 is 5.11 Å². The molecule has 0 saturated carbocycles. The van der Waals surface area contributed by atoms with Crippen molar-refractivity contribution in [2.75, 3.05) is 19.0 Å². The van der Waals surface area contributed by atoms with Crippen LogP contribution in [0.15, 0.2) is 48.8 Å². The molecule has 2 heterocycles. The van der Waals surface area contributed by atoms with E-state index in [1.165, 1.54) is 0 Å². The zero-order chi connectivity index (χ0) is 14.1. The number of aliphatic hydroxyl groups excluding tert-OH is 1. The summed E-state index contributed by atoms with van der Waals surface area (Å²) in [5, 5.41) is 9.35. The van der Waals surface area contributed by atoms with Crippen LogP contribution in [0.4, 0.5) is 5.69 Å². The minimum atomic E-state index is 0.000358. The maximum atomic E-state index is 9.35. The van der Waals surface area contributed by atoms with E-state index in [-0.39, 0.29) is 6.61 Å². The molecule has 3 rings (SSSR count). The number of imidazole rings is 1. The van der Waals surface area contributed by atoms with Crippen molar-refractivity contribution in [3.05, 3.63) is 54.4 Å². The average molecular weight is 267 g/mol. The van der Waals surface area contributed by atoms with Gasteiger partial charge in [-0.2, -0.15) is 0 Å². The van der Waals surface area contributed by atoms with E-state index in [0.717, 1.165) is 28.2 Å². The number of benzene rings is 1. The topological polar surface area (TPSA) is 40.8 Å². The van der Waals surface area contributed by atoms with Crippen LogP contribution < -0.4 is 4.90 Å². The molecule has 0 spiro atoms. The highest BCUT2D eigenvalue weighted by atomic mass is 16.3. The molecule has 0 aliphatic heterocycles. The fourth-order valence-corrected chi connectivity index (χ4v) is 2.26. The summed E-state index contributed by atoms with van der Waals surface area (Å²) < 4.78 is 1.95. The summed E-state index contributed by atoms with van der Waals surface area (Å²) >= 11 is 0. The van der Waals surface area contributed by atoms with Gasteiger partial charge in [-0.3, -0.25) is 0 Å². The van der Waals surface area contributed by atoms with Gasteiger partial charge in [-0.15, -0.1) is 0 Å². The summed E-state index contributed by atoms with van der Waals surface area (Å²) in [4.78, 5) is 6.68. The molecule has 0 radical (unpaired) electrons. The lowest BCUT2D eigenvalue weighted by molar-refractivity contribution is 0.282. The number of hydrogen-bond acceptors (Lipinski definition) is 3. The second-order valence-electron chi connectivity index (χ2n) is 4.99. The van der Waals surface area contributed by atoms with E-state index in [0.29, 0.717) is 0 Å². The molecule has 0 saturated heterocycles. The van der Waals surface area contributed by atoms with Crippen LogP contribution in [0.1, 0.15) is 5.56 Å². The Bertz CT molecular complexity index is 729. The molecule has 0 aliphatic carbocycles. The highest BCUT2D eigenvalue weighted by molar-refractivity contribution is 5.66. The lowest BCUT2D eigenvalue weighted by Crippen LogP contribution is -2.07. The van der Waals surface area contributed by atoms with E-state index < -0.39 is 0 Å². The van der Waals surface area contributed by atoms with Crippen LogP contribution in [0.3, 0.4) is 0 Å². The summed E-state index contributed by atoms with van der Waals surface area (Å²) in [7, 11) is 4.04. The third-order valence-electron chi connectivity index (χ3n) is 3.41. The van der Waals surface area contributed by atoms with Gasteiger partial charge >= 0.3 is 0 Å². The number of rotatable bonds is 3. The van der Waals surface area contributed by atoms with E-state index in [9.17, 15) is 5.11 Å². The molecule has 1 aromatic carbocycles. The molecule has 0 fully saturated rings. The van der Waals surface area contributed by atoms with Gasteiger partial charge in [-0.25, -0.2) is 4.98 Å². The standard InChI is InChI=1S/C16H17N3O/c1-18(2)14-7-5-12(6-8-14)15-10-19-9-3-4-13(11-20)16(19)17-15/h3-10,20H,11H2,1-2H3. The summed E-state index contributed by atoms with van der Waals surface area (Å²) in [5.74, 6) is 0. The Morgan fingerprint density at radius 3 is 2.55 bits per heavy atom. The number of aromatic nitrogens is 2. The first kappa shape index (κ1) is 12.7. The van der Waals surface area contributed by atoms with E-state index >= 15 is 0 Å². The quantitative estimate of drug-likeness (QED) is 0.793. The van der Waals surface area contributed by atoms with E-state index in [1.54, 1.807) is 0 Å². The van der Waals surface area contributed by atoms with Crippen LogP contribution in [-0.4, -0.2) is 28.6 Å². The van der Waals surface area contributed by atoms with Gasteiger partial charge in [0, 0.05) is 43.3 Å². The second-order valence-corrected chi connectivity index (χ2v) is 4.99. The zero-order valence-electron chi connectivity index (χ0n) is 11.6. The molecule has 3 aromatic rings. The summed E-state index contributed by atoms with van der Waals surface area (Å²) in [6.45, 7) is 0.000358. The fourth-order valence-electron chi connectivity index (χ4n) is 2.26. The Kier molecular flexibility index (Phi) is 3.16. The van der Waals surface area contributed by atoms with Gasteiger partial charge in [-0.1, -0.05) is 18.2 Å². The molecule has 4 nitrogen and oxygen atoms in total. The van der Waals surface area contributed by atoms with E-state index in [2.05, 4.69) is 34.1 Å². The molecule has 0 atom stereocenters. The smallest absolute Gasteiger partial charge is 0.142 e. The minimum Gasteiger partial charge on any atom is -0.392 e. The van der Waals surface area contributed by atoms with E-state index in [4.69, 9.17) is 0 Å². The summed E-state index contributed by atoms with van der Waals surface area (Å²) in [6, 6.07) is 12.1. The summed E-state index contributed by atoms with van der Waals surface area (Å²) in [6.07, 6.45) is 3.93. The zero-order valence-corrected chi connectivity index (χ0v) is 11.6. The molecule has 102 valence electrons. The Balaban J connectivity index is 2.06. The van der Waals surface area contributed by atoms with Crippen molar-refractivity contribution in [2.45, 2.75) is 6.61 Å². The first-order valence-corrected chi connectivity index (χ1v) is 6.54. The fraction of sp³-hybridized carbons (Fsp3) is 0.188. The van der Waals surface area contributed by atoms with Gasteiger partial charge in [0.25, 0.3) is 0 Å². The first-order chi connectivity index (χ1) is 9.69. The number of anilines is 1. The minimum absolute atomic E-state index is 0.000358. The Hall–Kier alpha value is -2.33. The molecule has 0 unspecified atom stereocenters. The highest BCUT2D eigenvalue weighted by Gasteiger charge is 2.07. The van der Waals surface area contributed by atoms with Crippen molar-refractivity contribution in [1.29, 1.82) is 0 Å². The molecular formula is C16H17N3O. The lowest BCUT2D eigenvalue weighted by atomic mass is 10.1. The van der Waals surface area contributed by atoms with Crippen LogP contribution in [-0.2, 0) is 6.61 Å². The third-order valence-corrected chi connectivity index (χ3v) is 3.41. The SMILES string of the molecule is CN(C)c1ccc(-c2cn3cccc(CO)c3n2)cc1. The molecule has 2 aromatic heterocycles. The number of fused-ring (bicyclic) bond motifs is 1. The normalized spacial score (nSPS) is 10.9. The van der Waals surface area contributed by atoms with Gasteiger partial charge in [0.2, 0.25) is 0 Å². The maximum Gasteiger partial charge on any atom is 0.142 e. The second kappa shape index (κ2) is 4.98. The third kappa shape index (κ3) is 2.14. The molecule has 0 aliphatic rings. The molecule has 20 heavy (non-hydrogen) atoms. The molecular weight excluding hydrogens is 250 g/mol. The number of aliphatic hydroxyl groups is 1. The van der Waals surface area contributed by atoms with Crippen LogP contribution in [0.5, 0.6) is 0 Å². The monoisotopic (exact) mass is 267 g/mol. The van der Waals surface area contributed by atoms with Crippen molar-refractivity contribution in [3.63, 3.8) is 0 Å². The predicted molar refractivity (Wildman–Crippen MR) is 80.9 cm³/mol. The molecule has 1 N–H and O–H groups in total. The number of nitrogens with zero attached hydrogens (tertiary/aromatic N) is 3. The Morgan fingerprint density at radius 1 is 1.15 bits per heavy atom. The largest absolute Gasteiger partial charge is 0.392 e. The molecule has 0 amide bonds. The van der Waals surface area contributed by atoms with Gasteiger partial charge in [0.05, 0.1) is 12.3 Å². The van der Waals surface area contributed by atoms with Gasteiger partial charge in [0.1, 0.15) is 5.65 Å². The van der Waals surface area contributed by atoms with Crippen molar-refractivity contribution in [2.24, 2.45) is 0 Å². The molecule has 4 heteroatoms.